The molecule has 0 radical (unpaired) electrons. The lowest BCUT2D eigenvalue weighted by Crippen LogP contribution is -3.30. The summed E-state index contributed by atoms with van der Waals surface area (Å²) in [5.41, 5.74) is 1.85. The number of nitrogens with one attached hydrogen (secondary N) is 2. The zero-order chi connectivity index (χ0) is 20.9. The van der Waals surface area contributed by atoms with Gasteiger partial charge in [0.05, 0.1) is 25.8 Å². The van der Waals surface area contributed by atoms with Crippen molar-refractivity contribution >= 4 is 23.6 Å². The SMILES string of the molecule is COc1ccc(N2C(=O)C[C@H]([NH+]3CC[NH+](C/C=C\c4ccccc4)CC3)C2=O)cc1. The molecular formula is C24H29N3O3+2. The van der Waals surface area contributed by atoms with Crippen molar-refractivity contribution < 1.29 is 24.1 Å². The smallest absolute Gasteiger partial charge is 0.292 e. The van der Waals surface area contributed by atoms with Gasteiger partial charge in [-0.3, -0.25) is 9.59 Å². The molecule has 0 bridgehead atoms. The lowest BCUT2D eigenvalue weighted by molar-refractivity contribution is -1.02. The molecule has 0 spiro atoms. The maximum absolute atomic E-state index is 13.0. The van der Waals surface area contributed by atoms with E-state index < -0.39 is 0 Å². The Hall–Kier alpha value is -2.96. The minimum atomic E-state index is -0.263. The van der Waals surface area contributed by atoms with Crippen molar-refractivity contribution in [2.45, 2.75) is 12.5 Å². The average Bonchev–Trinajstić information content (AvgIpc) is 3.09. The van der Waals surface area contributed by atoms with Crippen LogP contribution in [-0.2, 0) is 9.59 Å². The summed E-state index contributed by atoms with van der Waals surface area (Å²) >= 11 is 0. The highest BCUT2D eigenvalue weighted by Gasteiger charge is 2.46. The molecule has 156 valence electrons. The van der Waals surface area contributed by atoms with Crippen LogP contribution >= 0.6 is 0 Å². The molecule has 30 heavy (non-hydrogen) atoms. The highest BCUT2D eigenvalue weighted by molar-refractivity contribution is 6.21. The first-order valence-electron chi connectivity index (χ1n) is 10.6. The van der Waals surface area contributed by atoms with E-state index in [1.54, 1.807) is 31.4 Å². The number of carbonyl (C=O) groups excluding carboxylic acids is 2. The molecule has 4 rings (SSSR count). The van der Waals surface area contributed by atoms with E-state index in [0.29, 0.717) is 17.9 Å². The molecular weight excluding hydrogens is 378 g/mol. The number of ether oxygens (including phenoxy) is 1. The molecule has 1 atom stereocenters. The molecule has 2 aliphatic rings. The Morgan fingerprint density at radius 1 is 1.00 bits per heavy atom. The molecule has 2 saturated heterocycles. The van der Waals surface area contributed by atoms with Gasteiger partial charge in [0.2, 0.25) is 5.91 Å². The van der Waals surface area contributed by atoms with Gasteiger partial charge in [0.1, 0.15) is 31.9 Å². The van der Waals surface area contributed by atoms with Crippen molar-refractivity contribution in [2.24, 2.45) is 0 Å². The quantitative estimate of drug-likeness (QED) is 0.654. The van der Waals surface area contributed by atoms with E-state index >= 15 is 0 Å². The average molecular weight is 408 g/mol. The number of quaternary nitrogens is 2. The van der Waals surface area contributed by atoms with Gasteiger partial charge < -0.3 is 14.5 Å². The standard InChI is InChI=1S/C24H27N3O3/c1-30-21-11-9-20(10-12-21)27-23(28)18-22(24(27)29)26-16-14-25(15-17-26)13-5-8-19-6-3-2-4-7-19/h2-12,22H,13-18H2,1H3/p+2/b8-5-/t22-/m0/s1. The second-order valence-corrected chi connectivity index (χ2v) is 7.95. The van der Waals surface area contributed by atoms with Crippen LogP contribution in [0.15, 0.2) is 60.7 Å². The fourth-order valence-electron chi connectivity index (χ4n) is 4.36. The van der Waals surface area contributed by atoms with Crippen LogP contribution < -0.4 is 19.4 Å². The van der Waals surface area contributed by atoms with E-state index in [0.717, 1.165) is 32.7 Å². The molecule has 2 fully saturated rings. The summed E-state index contributed by atoms with van der Waals surface area (Å²) in [6, 6.07) is 17.2. The fraction of sp³-hybridized carbons (Fsp3) is 0.333. The van der Waals surface area contributed by atoms with Crippen LogP contribution in [0, 0.1) is 0 Å². The van der Waals surface area contributed by atoms with Gasteiger partial charge in [-0.1, -0.05) is 36.4 Å². The lowest BCUT2D eigenvalue weighted by atomic mass is 10.1. The minimum Gasteiger partial charge on any atom is -0.497 e. The van der Waals surface area contributed by atoms with E-state index in [-0.39, 0.29) is 17.9 Å². The molecule has 2 heterocycles. The van der Waals surface area contributed by atoms with E-state index in [4.69, 9.17) is 4.74 Å². The number of amides is 2. The number of nitrogens with zero attached hydrogens (tertiary/aromatic N) is 1. The van der Waals surface area contributed by atoms with Crippen molar-refractivity contribution in [3.05, 3.63) is 66.2 Å². The monoisotopic (exact) mass is 407 g/mol. The molecule has 2 aromatic rings. The van der Waals surface area contributed by atoms with Crippen molar-refractivity contribution in [3.8, 4) is 5.75 Å². The highest BCUT2D eigenvalue weighted by atomic mass is 16.5. The summed E-state index contributed by atoms with van der Waals surface area (Å²) in [5.74, 6) is 0.524. The minimum absolute atomic E-state index is 0.0763. The number of piperazine rings is 1. The largest absolute Gasteiger partial charge is 0.497 e. The first-order chi connectivity index (χ1) is 14.7. The van der Waals surface area contributed by atoms with Crippen molar-refractivity contribution in [3.63, 3.8) is 0 Å². The number of benzene rings is 2. The van der Waals surface area contributed by atoms with Gasteiger partial charge in [0, 0.05) is 0 Å². The Kier molecular flexibility index (Phi) is 6.26. The summed E-state index contributed by atoms with van der Waals surface area (Å²) in [7, 11) is 1.60. The fourth-order valence-corrected chi connectivity index (χ4v) is 4.36. The van der Waals surface area contributed by atoms with Gasteiger partial charge in [0.25, 0.3) is 5.91 Å². The van der Waals surface area contributed by atoms with Crippen LogP contribution in [0.2, 0.25) is 0 Å². The van der Waals surface area contributed by atoms with Crippen molar-refractivity contribution in [1.29, 1.82) is 0 Å². The van der Waals surface area contributed by atoms with Crippen molar-refractivity contribution in [2.75, 3.05) is 44.7 Å². The molecule has 0 aromatic heterocycles. The summed E-state index contributed by atoms with van der Waals surface area (Å²) < 4.78 is 5.17. The molecule has 0 unspecified atom stereocenters. The predicted octanol–water partition coefficient (Wildman–Crippen LogP) is -0.176. The Morgan fingerprint density at radius 2 is 1.70 bits per heavy atom. The number of rotatable bonds is 6. The van der Waals surface area contributed by atoms with Gasteiger partial charge in [-0.2, -0.15) is 0 Å². The van der Waals surface area contributed by atoms with Gasteiger partial charge in [-0.05, 0) is 35.9 Å². The first-order valence-corrected chi connectivity index (χ1v) is 10.6. The predicted molar refractivity (Wildman–Crippen MR) is 116 cm³/mol. The van der Waals surface area contributed by atoms with E-state index in [1.165, 1.54) is 20.3 Å². The number of hydrogen-bond acceptors (Lipinski definition) is 3. The van der Waals surface area contributed by atoms with Gasteiger partial charge in [0.15, 0.2) is 6.04 Å². The first kappa shape index (κ1) is 20.3. The molecule has 2 aromatic carbocycles. The Bertz CT molecular complexity index is 903. The molecule has 2 N–H and O–H groups in total. The van der Waals surface area contributed by atoms with Crippen LogP contribution in [-0.4, -0.2) is 57.7 Å². The van der Waals surface area contributed by atoms with Crippen LogP contribution in [0.4, 0.5) is 5.69 Å². The number of hydrogen-bond donors (Lipinski definition) is 2. The Labute approximate surface area is 177 Å². The van der Waals surface area contributed by atoms with Gasteiger partial charge >= 0.3 is 0 Å². The van der Waals surface area contributed by atoms with Gasteiger partial charge in [-0.15, -0.1) is 0 Å². The van der Waals surface area contributed by atoms with E-state index in [9.17, 15) is 9.59 Å². The highest BCUT2D eigenvalue weighted by Crippen LogP contribution is 2.24. The third kappa shape index (κ3) is 4.45. The summed E-state index contributed by atoms with van der Waals surface area (Å²) in [6.45, 7) is 4.82. The summed E-state index contributed by atoms with van der Waals surface area (Å²) in [4.78, 5) is 29.7. The van der Waals surface area contributed by atoms with Crippen molar-refractivity contribution in [1.82, 2.24) is 0 Å². The number of imide groups is 1. The zero-order valence-corrected chi connectivity index (χ0v) is 17.3. The molecule has 6 heteroatoms. The Morgan fingerprint density at radius 3 is 2.37 bits per heavy atom. The van der Waals surface area contributed by atoms with Crippen LogP contribution in [0.5, 0.6) is 5.75 Å². The maximum Gasteiger partial charge on any atom is 0.292 e. The molecule has 2 aliphatic heterocycles. The second-order valence-electron chi connectivity index (χ2n) is 7.95. The molecule has 6 nitrogen and oxygen atoms in total. The third-order valence-electron chi connectivity index (χ3n) is 6.09. The summed E-state index contributed by atoms with van der Waals surface area (Å²) in [6.07, 6.45) is 4.69. The van der Waals surface area contributed by atoms with Gasteiger partial charge in [-0.25, -0.2) is 4.90 Å². The second kappa shape index (κ2) is 9.24. The maximum atomic E-state index is 13.0. The molecule has 0 saturated carbocycles. The summed E-state index contributed by atoms with van der Waals surface area (Å²) in [5, 5.41) is 0. The number of carbonyl (C=O) groups is 2. The van der Waals surface area contributed by atoms with E-state index in [2.05, 4.69) is 24.3 Å². The lowest BCUT2D eigenvalue weighted by Gasteiger charge is -2.31. The van der Waals surface area contributed by atoms with Crippen LogP contribution in [0.3, 0.4) is 0 Å². The molecule has 2 amide bonds. The van der Waals surface area contributed by atoms with Crippen LogP contribution in [0.25, 0.3) is 6.08 Å². The molecule has 0 aliphatic carbocycles. The third-order valence-corrected chi connectivity index (χ3v) is 6.09. The van der Waals surface area contributed by atoms with Crippen LogP contribution in [0.1, 0.15) is 12.0 Å². The topological polar surface area (TPSA) is 55.5 Å². The zero-order valence-electron chi connectivity index (χ0n) is 17.3. The van der Waals surface area contributed by atoms with E-state index in [1.807, 2.05) is 18.2 Å². The number of anilines is 1. The number of methoxy groups -OCH3 is 1. The Balaban J connectivity index is 1.31. The normalized spacial score (nSPS) is 24.6.